The van der Waals surface area contributed by atoms with Gasteiger partial charge in [0, 0.05) is 61.5 Å². The van der Waals surface area contributed by atoms with Crippen molar-refractivity contribution in [2.75, 3.05) is 32.4 Å². The Morgan fingerprint density at radius 1 is 1.07 bits per heavy atom. The standard InChI is InChI=1S/C33H42F2N4O5S/c1-22-19-25(29(40)38-14-10-31(3,42)11-15-38)20-23(2)27(22)9-18-45(5,43,44)39-16-12-33(13-17-39)30(41)36-28(37-33)24-7-6-8-26(21-24)32(4,34)35/h6-9,18-21,42H,10-17H2,1-5H3,(H,43,44)(H,36,37,41)/b18-9+. The summed E-state index contributed by atoms with van der Waals surface area (Å²) in [4.78, 5) is 32.6. The lowest BCUT2D eigenvalue weighted by Crippen LogP contribution is -2.56. The fourth-order valence-electron chi connectivity index (χ4n) is 6.28. The molecule has 0 atom stereocenters. The number of nitrogens with zero attached hydrogens (tertiary/aromatic N) is 3. The number of hydrogen-bond donors (Lipinski definition) is 3. The van der Waals surface area contributed by atoms with Gasteiger partial charge in [-0.1, -0.05) is 18.2 Å². The molecule has 3 N–H and O–H groups in total. The summed E-state index contributed by atoms with van der Waals surface area (Å²) in [5, 5.41) is 14.3. The largest absolute Gasteiger partial charge is 0.390 e. The first kappa shape index (κ1) is 33.1. The molecular weight excluding hydrogens is 602 g/mol. The Morgan fingerprint density at radius 3 is 2.24 bits per heavy atom. The van der Waals surface area contributed by atoms with Gasteiger partial charge in [-0.15, -0.1) is 9.53 Å². The van der Waals surface area contributed by atoms with E-state index in [9.17, 15) is 32.2 Å². The number of likely N-dealkylation sites (tertiary alicyclic amines) is 1. The third-order valence-corrected chi connectivity index (χ3v) is 11.7. The summed E-state index contributed by atoms with van der Waals surface area (Å²) in [5.74, 6) is -3.28. The second-order valence-electron chi connectivity index (χ2n) is 13.3. The number of aliphatic hydroxyl groups is 1. The number of nitrogens with one attached hydrogen (secondary N) is 1. The number of halogens is 2. The Labute approximate surface area is 262 Å². The number of rotatable bonds is 6. The molecule has 2 amide bonds. The fraction of sp³-hybridized carbons (Fsp3) is 0.485. The minimum Gasteiger partial charge on any atom is -0.390 e. The number of carbonyl (C=O) groups excluding carboxylic acids is 2. The van der Waals surface area contributed by atoms with Crippen molar-refractivity contribution in [3.63, 3.8) is 0 Å². The highest BCUT2D eigenvalue weighted by atomic mass is 32.3. The van der Waals surface area contributed by atoms with Gasteiger partial charge in [-0.3, -0.25) is 19.1 Å². The normalized spacial score (nSPS) is 21.4. The van der Waals surface area contributed by atoms with Crippen molar-refractivity contribution in [1.82, 2.24) is 14.5 Å². The molecule has 3 heterocycles. The van der Waals surface area contributed by atoms with E-state index in [-0.39, 0.29) is 49.1 Å². The Balaban J connectivity index is 1.29. The van der Waals surface area contributed by atoms with E-state index in [4.69, 9.17) is 0 Å². The summed E-state index contributed by atoms with van der Waals surface area (Å²) < 4.78 is 54.7. The molecule has 2 fully saturated rings. The van der Waals surface area contributed by atoms with E-state index < -0.39 is 26.6 Å². The maximum Gasteiger partial charge on any atom is 0.270 e. The molecule has 12 heteroatoms. The summed E-state index contributed by atoms with van der Waals surface area (Å²) in [6.07, 6.45) is 4.30. The predicted molar refractivity (Wildman–Crippen MR) is 172 cm³/mol. The average molecular weight is 645 g/mol. The number of piperidine rings is 2. The van der Waals surface area contributed by atoms with Crippen LogP contribution in [0.2, 0.25) is 0 Å². The van der Waals surface area contributed by atoms with Crippen LogP contribution in [0.1, 0.15) is 77.7 Å². The second kappa shape index (κ2) is 11.2. The fourth-order valence-corrected chi connectivity index (χ4v) is 7.97. The highest BCUT2D eigenvalue weighted by Gasteiger charge is 2.48. The zero-order valence-electron chi connectivity index (χ0n) is 26.4. The number of alkyl halides is 2. The number of aliphatic imine (C=N–C) groups is 1. The van der Waals surface area contributed by atoms with E-state index in [1.165, 1.54) is 34.2 Å². The van der Waals surface area contributed by atoms with Crippen LogP contribution in [0.25, 0.3) is 6.08 Å². The van der Waals surface area contributed by atoms with Gasteiger partial charge in [0.25, 0.3) is 17.7 Å². The molecule has 45 heavy (non-hydrogen) atoms. The van der Waals surface area contributed by atoms with Gasteiger partial charge < -0.3 is 15.3 Å². The van der Waals surface area contributed by atoms with Crippen molar-refractivity contribution in [3.05, 3.63) is 75.2 Å². The molecule has 0 aliphatic carbocycles. The lowest BCUT2D eigenvalue weighted by molar-refractivity contribution is -0.125. The molecule has 2 aromatic carbocycles. The van der Waals surface area contributed by atoms with Crippen LogP contribution in [-0.4, -0.2) is 84.3 Å². The monoisotopic (exact) mass is 644 g/mol. The maximum atomic E-state index is 14.0. The third kappa shape index (κ3) is 6.79. The quantitative estimate of drug-likeness (QED) is 0.424. The zero-order valence-corrected chi connectivity index (χ0v) is 27.2. The molecule has 3 aliphatic heterocycles. The van der Waals surface area contributed by atoms with Crippen molar-refractivity contribution < 1.29 is 32.2 Å². The first-order valence-corrected chi connectivity index (χ1v) is 17.5. The summed E-state index contributed by atoms with van der Waals surface area (Å²) in [6.45, 7) is 7.49. The Bertz CT molecular complexity index is 1630. The molecule has 5 rings (SSSR count). The highest BCUT2D eigenvalue weighted by Crippen LogP contribution is 2.38. The van der Waals surface area contributed by atoms with Gasteiger partial charge in [0.1, 0.15) is 11.4 Å². The molecule has 0 saturated carbocycles. The second-order valence-corrected chi connectivity index (χ2v) is 16.7. The van der Waals surface area contributed by atoms with Crippen LogP contribution in [0.4, 0.5) is 8.78 Å². The number of amidine groups is 1. The zero-order chi connectivity index (χ0) is 33.0. The van der Waals surface area contributed by atoms with Crippen molar-refractivity contribution in [2.24, 2.45) is 4.99 Å². The smallest absolute Gasteiger partial charge is 0.270 e. The molecule has 3 aliphatic rings. The van der Waals surface area contributed by atoms with Crippen molar-refractivity contribution in [3.8, 4) is 0 Å². The van der Waals surface area contributed by atoms with Gasteiger partial charge in [0.15, 0.2) is 0 Å². The summed E-state index contributed by atoms with van der Waals surface area (Å²) in [5.41, 5.74) is 1.14. The Morgan fingerprint density at radius 2 is 1.67 bits per heavy atom. The van der Waals surface area contributed by atoms with Gasteiger partial charge in [0.05, 0.1) is 5.60 Å². The summed E-state index contributed by atoms with van der Waals surface area (Å²) in [6, 6.07) is 9.30. The lowest BCUT2D eigenvalue weighted by atomic mass is 9.89. The first-order valence-electron chi connectivity index (χ1n) is 15.1. The van der Waals surface area contributed by atoms with E-state index in [0.29, 0.717) is 37.1 Å². The van der Waals surface area contributed by atoms with Crippen molar-refractivity contribution >= 4 is 33.3 Å². The highest BCUT2D eigenvalue weighted by molar-refractivity contribution is 8.15. The predicted octanol–water partition coefficient (Wildman–Crippen LogP) is 4.62. The molecule has 0 unspecified atom stereocenters. The maximum absolute atomic E-state index is 14.0. The van der Waals surface area contributed by atoms with E-state index in [1.54, 1.807) is 36.1 Å². The van der Waals surface area contributed by atoms with Crippen LogP contribution in [0, 0.1) is 13.8 Å². The van der Waals surface area contributed by atoms with E-state index in [0.717, 1.165) is 23.6 Å². The minimum atomic E-state index is -4.46. The Hall–Kier alpha value is -3.32. The lowest BCUT2D eigenvalue weighted by Gasteiger charge is -2.49. The van der Waals surface area contributed by atoms with Gasteiger partial charge in [-0.05, 0) is 87.4 Å². The van der Waals surface area contributed by atoms with Crippen molar-refractivity contribution in [1.29, 1.82) is 0 Å². The number of benzene rings is 2. The number of aryl methyl sites for hydroxylation is 2. The van der Waals surface area contributed by atoms with E-state index in [1.807, 2.05) is 13.8 Å². The number of amides is 2. The molecule has 0 aromatic heterocycles. The molecule has 2 saturated heterocycles. The molecule has 1 spiro atoms. The first-order chi connectivity index (χ1) is 20.8. The molecule has 244 valence electrons. The van der Waals surface area contributed by atoms with Crippen LogP contribution in [0.15, 0.2) is 46.8 Å². The van der Waals surface area contributed by atoms with Crippen LogP contribution in [0.3, 0.4) is 0 Å². The SMILES string of the molecule is Cc1cc(C(=O)N2CCC(C)(O)CC2)cc(C)c1/C=C/S(C)(=O)(O)N1CCC2(CC1)N=C(c1cccc(C(C)(F)F)c1)NC2=O. The van der Waals surface area contributed by atoms with Gasteiger partial charge in [0.2, 0.25) is 0 Å². The van der Waals surface area contributed by atoms with Crippen molar-refractivity contribution in [2.45, 2.75) is 70.4 Å². The number of carbonyl (C=O) groups is 2. The number of hydrogen-bond acceptors (Lipinski definition) is 5. The molecule has 2 aromatic rings. The molecule has 0 radical (unpaired) electrons. The molecular formula is C33H42F2N4O5S. The third-order valence-electron chi connectivity index (χ3n) is 9.32. The molecule has 9 nitrogen and oxygen atoms in total. The van der Waals surface area contributed by atoms with E-state index in [2.05, 4.69) is 10.3 Å². The van der Waals surface area contributed by atoms with Crippen LogP contribution in [-0.2, 0) is 20.2 Å². The molecule has 0 bridgehead atoms. The minimum absolute atomic E-state index is 0.105. The van der Waals surface area contributed by atoms with Crippen LogP contribution < -0.4 is 5.32 Å². The topological polar surface area (TPSA) is 123 Å². The van der Waals surface area contributed by atoms with Crippen LogP contribution >= 0.6 is 0 Å². The summed E-state index contributed by atoms with van der Waals surface area (Å²) >= 11 is 0. The Kier molecular flexibility index (Phi) is 8.21. The van der Waals surface area contributed by atoms with Gasteiger partial charge >= 0.3 is 0 Å². The summed E-state index contributed by atoms with van der Waals surface area (Å²) in [7, 11) is -4.46. The van der Waals surface area contributed by atoms with Gasteiger partial charge in [-0.2, -0.15) is 4.21 Å². The van der Waals surface area contributed by atoms with Gasteiger partial charge in [-0.25, -0.2) is 13.1 Å². The van der Waals surface area contributed by atoms with Crippen LogP contribution in [0.5, 0.6) is 0 Å². The van der Waals surface area contributed by atoms with E-state index >= 15 is 0 Å². The average Bonchev–Trinajstić information content (AvgIpc) is 3.26.